The Morgan fingerprint density at radius 1 is 1.37 bits per heavy atom. The Balaban J connectivity index is 1.72. The van der Waals surface area contributed by atoms with E-state index < -0.39 is 5.97 Å². The molecule has 6 heteroatoms. The molecule has 3 aromatic rings. The molecule has 0 atom stereocenters. The van der Waals surface area contributed by atoms with E-state index in [4.69, 9.17) is 9.63 Å². The second kappa shape index (κ2) is 4.81. The second-order valence-electron chi connectivity index (χ2n) is 3.99. The smallest absolute Gasteiger partial charge is 0.358 e. The van der Waals surface area contributed by atoms with Crippen molar-refractivity contribution in [2.45, 2.75) is 10.8 Å². The summed E-state index contributed by atoms with van der Waals surface area (Å²) in [4.78, 5) is 14.0. The average molecular weight is 274 g/mol. The first-order valence-corrected chi connectivity index (χ1v) is 6.60. The number of carboxylic acids is 1. The molecule has 5 nitrogen and oxygen atoms in total. The monoisotopic (exact) mass is 274 g/mol. The molecule has 96 valence electrons. The molecule has 0 spiro atoms. The number of carboxylic acid groups (broad SMARTS) is 1. The minimum absolute atomic E-state index is 0.0627. The number of para-hydroxylation sites is 1. The van der Waals surface area contributed by atoms with Crippen LogP contribution in [0.25, 0.3) is 10.9 Å². The molecule has 2 heterocycles. The van der Waals surface area contributed by atoms with Gasteiger partial charge in [0.1, 0.15) is 5.76 Å². The van der Waals surface area contributed by atoms with Crippen LogP contribution in [0.15, 0.2) is 45.9 Å². The van der Waals surface area contributed by atoms with Crippen molar-refractivity contribution in [3.63, 3.8) is 0 Å². The minimum atomic E-state index is -1.08. The van der Waals surface area contributed by atoms with Crippen LogP contribution < -0.4 is 0 Å². The molecule has 19 heavy (non-hydrogen) atoms. The van der Waals surface area contributed by atoms with Crippen molar-refractivity contribution >= 4 is 28.6 Å². The lowest BCUT2D eigenvalue weighted by Crippen LogP contribution is -1.94. The number of carbonyl (C=O) groups is 1. The van der Waals surface area contributed by atoms with Crippen LogP contribution in [0.1, 0.15) is 16.2 Å². The Morgan fingerprint density at radius 2 is 2.21 bits per heavy atom. The third kappa shape index (κ3) is 2.48. The lowest BCUT2D eigenvalue weighted by atomic mass is 10.3. The van der Waals surface area contributed by atoms with Gasteiger partial charge in [-0.3, -0.25) is 0 Å². The third-order valence-electron chi connectivity index (χ3n) is 2.65. The fraction of sp³-hybridized carbons (Fsp3) is 0.0769. The van der Waals surface area contributed by atoms with E-state index >= 15 is 0 Å². The Labute approximate surface area is 112 Å². The molecule has 0 saturated heterocycles. The number of nitrogens with one attached hydrogen (secondary N) is 1. The van der Waals surface area contributed by atoms with Crippen LogP contribution >= 0.6 is 11.8 Å². The molecule has 0 bridgehead atoms. The molecular formula is C13H10N2O3S. The van der Waals surface area contributed by atoms with Crippen LogP contribution in [0.4, 0.5) is 0 Å². The molecule has 2 aromatic heterocycles. The van der Waals surface area contributed by atoms with E-state index in [0.29, 0.717) is 11.5 Å². The van der Waals surface area contributed by atoms with Gasteiger partial charge in [0.2, 0.25) is 0 Å². The molecule has 0 aliphatic rings. The first-order chi connectivity index (χ1) is 9.22. The highest BCUT2D eigenvalue weighted by Crippen LogP contribution is 2.26. The first-order valence-electron chi connectivity index (χ1n) is 5.62. The summed E-state index contributed by atoms with van der Waals surface area (Å²) in [7, 11) is 0. The SMILES string of the molecule is O=C(O)c1cc(CSc2cc3ccccc3[nH]2)on1. The number of benzene rings is 1. The third-order valence-corrected chi connectivity index (χ3v) is 3.61. The minimum Gasteiger partial charge on any atom is -0.476 e. The normalized spacial score (nSPS) is 10.9. The number of H-pyrrole nitrogens is 1. The molecule has 0 unspecified atom stereocenters. The van der Waals surface area contributed by atoms with Crippen molar-refractivity contribution in [1.82, 2.24) is 10.1 Å². The van der Waals surface area contributed by atoms with E-state index in [1.165, 1.54) is 6.07 Å². The summed E-state index contributed by atoms with van der Waals surface area (Å²) >= 11 is 1.54. The molecule has 0 saturated carbocycles. The van der Waals surface area contributed by atoms with Gasteiger partial charge in [-0.2, -0.15) is 0 Å². The number of aromatic carboxylic acids is 1. The molecular weight excluding hydrogens is 264 g/mol. The van der Waals surface area contributed by atoms with E-state index in [9.17, 15) is 4.79 Å². The topological polar surface area (TPSA) is 79.1 Å². The number of aromatic amines is 1. The lowest BCUT2D eigenvalue weighted by Gasteiger charge is -1.93. The maximum Gasteiger partial charge on any atom is 0.358 e. The van der Waals surface area contributed by atoms with Crippen LogP contribution in [0.5, 0.6) is 0 Å². The number of fused-ring (bicyclic) bond motifs is 1. The molecule has 1 aromatic carbocycles. The van der Waals surface area contributed by atoms with Crippen molar-refractivity contribution in [2.24, 2.45) is 0 Å². The van der Waals surface area contributed by atoms with E-state index in [1.54, 1.807) is 11.8 Å². The summed E-state index contributed by atoms with van der Waals surface area (Å²) in [6.07, 6.45) is 0. The summed E-state index contributed by atoms with van der Waals surface area (Å²) < 4.78 is 4.96. The highest BCUT2D eigenvalue weighted by molar-refractivity contribution is 7.98. The summed E-state index contributed by atoms with van der Waals surface area (Å²) in [5.74, 6) is -0.000669. The summed E-state index contributed by atoms with van der Waals surface area (Å²) in [6.45, 7) is 0. The number of aromatic nitrogens is 2. The molecule has 0 fully saturated rings. The number of rotatable bonds is 4. The number of nitrogens with zero attached hydrogens (tertiary/aromatic N) is 1. The largest absolute Gasteiger partial charge is 0.476 e. The molecule has 0 aliphatic heterocycles. The van der Waals surface area contributed by atoms with Crippen molar-refractivity contribution in [3.05, 3.63) is 47.9 Å². The Morgan fingerprint density at radius 3 is 2.95 bits per heavy atom. The molecule has 0 radical (unpaired) electrons. The predicted octanol–water partition coefficient (Wildman–Crippen LogP) is 3.15. The van der Waals surface area contributed by atoms with Crippen molar-refractivity contribution in [2.75, 3.05) is 0 Å². The van der Waals surface area contributed by atoms with Gasteiger partial charge in [-0.15, -0.1) is 11.8 Å². The summed E-state index contributed by atoms with van der Waals surface area (Å²) in [6, 6.07) is 11.5. The second-order valence-corrected chi connectivity index (χ2v) is 5.01. The standard InChI is InChI=1S/C13H10N2O3S/c16-13(17)11-6-9(18-15-11)7-19-12-5-8-3-1-2-4-10(8)14-12/h1-6,14H,7H2,(H,16,17). The van der Waals surface area contributed by atoms with Gasteiger partial charge in [0.05, 0.1) is 10.8 Å². The van der Waals surface area contributed by atoms with Crippen molar-refractivity contribution < 1.29 is 14.4 Å². The maximum absolute atomic E-state index is 10.7. The Bertz CT molecular complexity index is 699. The fourth-order valence-electron chi connectivity index (χ4n) is 1.76. The van der Waals surface area contributed by atoms with Crippen LogP contribution in [-0.2, 0) is 5.75 Å². The van der Waals surface area contributed by atoms with Crippen LogP contribution in [0.3, 0.4) is 0 Å². The van der Waals surface area contributed by atoms with Crippen LogP contribution in [0.2, 0.25) is 0 Å². The van der Waals surface area contributed by atoms with Crippen LogP contribution in [-0.4, -0.2) is 21.2 Å². The zero-order valence-electron chi connectivity index (χ0n) is 9.79. The lowest BCUT2D eigenvalue weighted by molar-refractivity contribution is 0.0685. The molecule has 2 N–H and O–H groups in total. The van der Waals surface area contributed by atoms with Crippen molar-refractivity contribution in [3.8, 4) is 0 Å². The van der Waals surface area contributed by atoms with Gasteiger partial charge < -0.3 is 14.6 Å². The quantitative estimate of drug-likeness (QED) is 0.714. The molecule has 0 aliphatic carbocycles. The molecule has 0 amide bonds. The summed E-state index contributed by atoms with van der Waals surface area (Å²) in [5, 5.41) is 14.4. The van der Waals surface area contributed by atoms with E-state index in [0.717, 1.165) is 15.9 Å². The molecule has 3 rings (SSSR count). The Hall–Kier alpha value is -2.21. The number of thioether (sulfide) groups is 1. The van der Waals surface area contributed by atoms with Gasteiger partial charge in [-0.05, 0) is 12.1 Å². The van der Waals surface area contributed by atoms with Gasteiger partial charge in [0, 0.05) is 17.0 Å². The number of hydrogen-bond acceptors (Lipinski definition) is 4. The highest BCUT2D eigenvalue weighted by Gasteiger charge is 2.11. The van der Waals surface area contributed by atoms with Gasteiger partial charge >= 0.3 is 5.97 Å². The van der Waals surface area contributed by atoms with Gasteiger partial charge in [-0.1, -0.05) is 23.4 Å². The summed E-state index contributed by atoms with van der Waals surface area (Å²) in [5.41, 5.74) is 1.01. The van der Waals surface area contributed by atoms with Gasteiger partial charge in [0.25, 0.3) is 0 Å². The zero-order valence-corrected chi connectivity index (χ0v) is 10.6. The average Bonchev–Trinajstić information content (AvgIpc) is 3.02. The van der Waals surface area contributed by atoms with Crippen LogP contribution in [0, 0.1) is 0 Å². The highest BCUT2D eigenvalue weighted by atomic mass is 32.2. The van der Waals surface area contributed by atoms with Gasteiger partial charge in [-0.25, -0.2) is 4.79 Å². The predicted molar refractivity (Wildman–Crippen MR) is 71.3 cm³/mol. The zero-order chi connectivity index (χ0) is 13.2. The fourth-order valence-corrected chi connectivity index (χ4v) is 2.58. The maximum atomic E-state index is 10.7. The number of hydrogen-bond donors (Lipinski definition) is 2. The van der Waals surface area contributed by atoms with E-state index in [-0.39, 0.29) is 5.69 Å². The first kappa shape index (κ1) is 11.9. The van der Waals surface area contributed by atoms with E-state index in [2.05, 4.69) is 16.2 Å². The van der Waals surface area contributed by atoms with E-state index in [1.807, 2.05) is 24.3 Å². The van der Waals surface area contributed by atoms with Crippen molar-refractivity contribution in [1.29, 1.82) is 0 Å². The Kier molecular flexibility index (Phi) is 3.00. The van der Waals surface area contributed by atoms with Gasteiger partial charge in [0.15, 0.2) is 5.69 Å².